The minimum absolute atomic E-state index is 0.404. The average Bonchev–Trinajstić information content (AvgIpc) is 3.39. The smallest absolute Gasteiger partial charge is 0.347 e. The van der Waals surface area contributed by atoms with Gasteiger partial charge in [0.15, 0.2) is 5.60 Å². The Hall–Kier alpha value is -4.58. The van der Waals surface area contributed by atoms with Crippen LogP contribution in [0.15, 0.2) is 102 Å². The topological polar surface area (TPSA) is 81.8 Å². The molecule has 186 valence electrons. The first-order valence-electron chi connectivity index (χ1n) is 12.1. The zero-order chi connectivity index (χ0) is 25.8. The first-order valence-corrected chi connectivity index (χ1v) is 12.1. The molecule has 1 heterocycles. The van der Waals surface area contributed by atoms with Crippen molar-refractivity contribution in [3.63, 3.8) is 0 Å². The number of oxazole rings is 1. The summed E-state index contributed by atoms with van der Waals surface area (Å²) in [7, 11) is 0. The molecule has 0 saturated carbocycles. The Morgan fingerprint density at radius 3 is 2.24 bits per heavy atom. The lowest BCUT2D eigenvalue weighted by Crippen LogP contribution is -2.37. The van der Waals surface area contributed by atoms with E-state index >= 15 is 0 Å². The molecule has 0 atom stereocenters. The highest BCUT2D eigenvalue weighted by atomic mass is 16.5. The SMILES string of the molecule is CC(C)(Oc1ccc(OCCc2coc(-c3cccc(-c4ccccc4)c3)n2)c2ccccc12)C(=O)O. The van der Waals surface area contributed by atoms with Crippen LogP contribution in [0.5, 0.6) is 11.5 Å². The second-order valence-corrected chi connectivity index (χ2v) is 9.21. The lowest BCUT2D eigenvalue weighted by molar-refractivity contribution is -0.152. The first kappa shape index (κ1) is 24.1. The zero-order valence-corrected chi connectivity index (χ0v) is 20.7. The molecule has 0 spiro atoms. The summed E-state index contributed by atoms with van der Waals surface area (Å²) in [6, 6.07) is 29.5. The van der Waals surface area contributed by atoms with E-state index in [0.717, 1.165) is 33.2 Å². The highest BCUT2D eigenvalue weighted by Crippen LogP contribution is 2.35. The maximum atomic E-state index is 11.5. The lowest BCUT2D eigenvalue weighted by atomic mass is 10.0. The summed E-state index contributed by atoms with van der Waals surface area (Å²) in [6.07, 6.45) is 2.23. The molecule has 1 N–H and O–H groups in total. The molecule has 0 unspecified atom stereocenters. The number of aliphatic carboxylic acids is 1. The first-order chi connectivity index (χ1) is 17.9. The number of fused-ring (bicyclic) bond motifs is 1. The fraction of sp³-hybridized carbons (Fsp3) is 0.161. The van der Waals surface area contributed by atoms with Gasteiger partial charge in [0.1, 0.15) is 17.8 Å². The number of rotatable bonds is 9. The van der Waals surface area contributed by atoms with Gasteiger partial charge >= 0.3 is 5.97 Å². The predicted molar refractivity (Wildman–Crippen MR) is 143 cm³/mol. The summed E-state index contributed by atoms with van der Waals surface area (Å²) in [6.45, 7) is 3.46. The van der Waals surface area contributed by atoms with Gasteiger partial charge in [0.25, 0.3) is 0 Å². The summed E-state index contributed by atoms with van der Waals surface area (Å²) < 4.78 is 17.7. The van der Waals surface area contributed by atoms with Gasteiger partial charge in [-0.3, -0.25) is 0 Å². The van der Waals surface area contributed by atoms with E-state index in [1.54, 1.807) is 18.4 Å². The molecule has 0 saturated heterocycles. The normalized spacial score (nSPS) is 11.4. The molecule has 0 radical (unpaired) electrons. The number of nitrogens with zero attached hydrogens (tertiary/aromatic N) is 1. The van der Waals surface area contributed by atoms with Crippen molar-refractivity contribution in [2.24, 2.45) is 0 Å². The van der Waals surface area contributed by atoms with Crippen molar-refractivity contribution in [3.8, 4) is 34.1 Å². The van der Waals surface area contributed by atoms with Crippen molar-refractivity contribution in [2.75, 3.05) is 6.61 Å². The summed E-state index contributed by atoms with van der Waals surface area (Å²) in [5, 5.41) is 11.1. The highest BCUT2D eigenvalue weighted by molar-refractivity contribution is 5.93. The Bertz CT molecular complexity index is 1540. The van der Waals surface area contributed by atoms with E-state index in [-0.39, 0.29) is 0 Å². The molecule has 5 aromatic rings. The molecule has 4 aromatic carbocycles. The van der Waals surface area contributed by atoms with Gasteiger partial charge in [-0.1, -0.05) is 66.7 Å². The van der Waals surface area contributed by atoms with Gasteiger partial charge in [0.05, 0.1) is 12.3 Å². The molecule has 0 aliphatic carbocycles. The monoisotopic (exact) mass is 493 g/mol. The predicted octanol–water partition coefficient (Wildman–Crippen LogP) is 7.03. The van der Waals surface area contributed by atoms with E-state index in [0.29, 0.717) is 30.4 Å². The van der Waals surface area contributed by atoms with Gasteiger partial charge < -0.3 is 19.0 Å². The largest absolute Gasteiger partial charge is 0.493 e. The van der Waals surface area contributed by atoms with Crippen LogP contribution < -0.4 is 9.47 Å². The molecule has 37 heavy (non-hydrogen) atoms. The molecule has 6 nitrogen and oxygen atoms in total. The number of carbonyl (C=O) groups is 1. The Labute approximate surface area is 215 Å². The van der Waals surface area contributed by atoms with Crippen molar-refractivity contribution >= 4 is 16.7 Å². The van der Waals surface area contributed by atoms with Gasteiger partial charge in [-0.15, -0.1) is 0 Å². The minimum atomic E-state index is -1.35. The van der Waals surface area contributed by atoms with Crippen molar-refractivity contribution < 1.29 is 23.8 Å². The number of ether oxygens (including phenoxy) is 2. The molecule has 0 aliphatic heterocycles. The third-order valence-electron chi connectivity index (χ3n) is 6.11. The second-order valence-electron chi connectivity index (χ2n) is 9.21. The highest BCUT2D eigenvalue weighted by Gasteiger charge is 2.30. The van der Waals surface area contributed by atoms with Crippen molar-refractivity contribution in [2.45, 2.75) is 25.9 Å². The molecule has 1 aromatic heterocycles. The number of carboxylic acids is 1. The number of hydrogen-bond donors (Lipinski definition) is 1. The average molecular weight is 494 g/mol. The second kappa shape index (κ2) is 10.2. The van der Waals surface area contributed by atoms with Crippen molar-refractivity contribution in [1.82, 2.24) is 4.98 Å². The maximum absolute atomic E-state index is 11.5. The van der Waals surface area contributed by atoms with Crippen LogP contribution in [-0.2, 0) is 11.2 Å². The molecular weight excluding hydrogens is 466 g/mol. The Morgan fingerprint density at radius 2 is 1.49 bits per heavy atom. The van der Waals surface area contributed by atoms with Crippen LogP contribution in [0.3, 0.4) is 0 Å². The zero-order valence-electron chi connectivity index (χ0n) is 20.7. The van der Waals surface area contributed by atoms with Gasteiger partial charge in [0, 0.05) is 22.8 Å². The number of carboxylic acid groups (broad SMARTS) is 1. The molecule has 5 rings (SSSR count). The Morgan fingerprint density at radius 1 is 0.838 bits per heavy atom. The standard InChI is InChI=1S/C31H27NO5/c1-31(2,30(33)34)37-28-16-15-27(25-13-6-7-14-26(25)28)35-18-17-24-20-36-29(32-24)23-12-8-11-22(19-23)21-9-4-3-5-10-21/h3-16,19-20H,17-18H2,1-2H3,(H,33,34). The van der Waals surface area contributed by atoms with Crippen molar-refractivity contribution in [3.05, 3.63) is 103 Å². The van der Waals surface area contributed by atoms with Crippen LogP contribution in [0.4, 0.5) is 0 Å². The van der Waals surface area contributed by atoms with Gasteiger partial charge in [-0.2, -0.15) is 0 Å². The van der Waals surface area contributed by atoms with Crippen LogP contribution in [0, 0.1) is 0 Å². The fourth-order valence-electron chi connectivity index (χ4n) is 4.06. The summed E-state index contributed by atoms with van der Waals surface area (Å²) in [4.78, 5) is 16.2. The molecule has 0 bridgehead atoms. The Balaban J connectivity index is 1.28. The maximum Gasteiger partial charge on any atom is 0.347 e. The van der Waals surface area contributed by atoms with Crippen molar-refractivity contribution in [1.29, 1.82) is 0 Å². The summed E-state index contributed by atoms with van der Waals surface area (Å²) in [5.74, 6) is 0.723. The third-order valence-corrected chi connectivity index (χ3v) is 6.11. The minimum Gasteiger partial charge on any atom is -0.493 e. The lowest BCUT2D eigenvalue weighted by Gasteiger charge is -2.23. The molecular formula is C31H27NO5. The molecule has 0 amide bonds. The van der Waals surface area contributed by atoms with Crippen LogP contribution >= 0.6 is 0 Å². The van der Waals surface area contributed by atoms with E-state index in [1.807, 2.05) is 54.6 Å². The number of benzene rings is 4. The van der Waals surface area contributed by atoms with Gasteiger partial charge in [-0.05, 0) is 49.2 Å². The summed E-state index contributed by atoms with van der Waals surface area (Å²) >= 11 is 0. The van der Waals surface area contributed by atoms with Gasteiger partial charge in [-0.25, -0.2) is 9.78 Å². The van der Waals surface area contributed by atoms with E-state index in [4.69, 9.17) is 13.9 Å². The quantitative estimate of drug-likeness (QED) is 0.237. The number of hydrogen-bond acceptors (Lipinski definition) is 5. The molecule has 0 aliphatic rings. The summed E-state index contributed by atoms with van der Waals surface area (Å²) in [5.41, 5.74) is 2.61. The molecule has 0 fully saturated rings. The number of aromatic nitrogens is 1. The van der Waals surface area contributed by atoms with Crippen LogP contribution in [-0.4, -0.2) is 28.3 Å². The van der Waals surface area contributed by atoms with E-state index in [9.17, 15) is 9.90 Å². The molecule has 6 heteroatoms. The van der Waals surface area contributed by atoms with E-state index < -0.39 is 11.6 Å². The van der Waals surface area contributed by atoms with Crippen LogP contribution in [0.25, 0.3) is 33.4 Å². The van der Waals surface area contributed by atoms with Gasteiger partial charge in [0.2, 0.25) is 5.89 Å². The Kier molecular flexibility index (Phi) is 6.64. The van der Waals surface area contributed by atoms with E-state index in [2.05, 4.69) is 29.2 Å². The fourth-order valence-corrected chi connectivity index (χ4v) is 4.06. The van der Waals surface area contributed by atoms with E-state index in [1.165, 1.54) is 13.8 Å². The van der Waals surface area contributed by atoms with Crippen LogP contribution in [0.2, 0.25) is 0 Å². The third kappa shape index (κ3) is 5.33. The van der Waals surface area contributed by atoms with Crippen LogP contribution in [0.1, 0.15) is 19.5 Å².